The minimum Gasteiger partial charge on any atom is -0.399 e. The van der Waals surface area contributed by atoms with E-state index in [0.29, 0.717) is 21.3 Å². The van der Waals surface area contributed by atoms with Gasteiger partial charge >= 0.3 is 0 Å². The Morgan fingerprint density at radius 1 is 0.633 bits per heavy atom. The van der Waals surface area contributed by atoms with Crippen LogP contribution in [0.4, 0.5) is 17.2 Å². The molecule has 30 heavy (non-hydrogen) atoms. The van der Waals surface area contributed by atoms with Gasteiger partial charge in [0.25, 0.3) is 0 Å². The maximum atomic E-state index is 5.72. The monoisotopic (exact) mass is 482 g/mol. The molecule has 0 fully saturated rings. The summed E-state index contributed by atoms with van der Waals surface area (Å²) in [5.74, 6) is 0.691. The molecule has 156 valence electrons. The Morgan fingerprint density at radius 2 is 1.10 bits per heavy atom. The minimum absolute atomic E-state index is 0. The summed E-state index contributed by atoms with van der Waals surface area (Å²) in [4.78, 5) is 15.0. The van der Waals surface area contributed by atoms with Crippen molar-refractivity contribution in [2.75, 3.05) is 11.1 Å². The van der Waals surface area contributed by atoms with Crippen LogP contribution >= 0.6 is 47.2 Å². The van der Waals surface area contributed by atoms with Gasteiger partial charge in [0, 0.05) is 23.5 Å². The van der Waals surface area contributed by atoms with Crippen LogP contribution in [0.25, 0.3) is 0 Å². The molecule has 0 atom stereocenters. The number of anilines is 3. The molecule has 0 aliphatic heterocycles. The van der Waals surface area contributed by atoms with Gasteiger partial charge in [-0.25, -0.2) is 19.9 Å². The van der Waals surface area contributed by atoms with Crippen molar-refractivity contribution in [2.24, 2.45) is 0 Å². The fourth-order valence-corrected chi connectivity index (χ4v) is 2.33. The number of nitrogens with two attached hydrogens (primary N) is 1. The molecule has 0 saturated carbocycles. The predicted molar refractivity (Wildman–Crippen MR) is 127 cm³/mol. The SMILES string of the molecule is Cl.Clc1cc(Cl)ncn1.Clc1cc(Nc2ccccc2)ncn1.Nc1ccccc1. The zero-order valence-electron chi connectivity index (χ0n) is 15.5. The van der Waals surface area contributed by atoms with Crippen LogP contribution in [0.15, 0.2) is 85.5 Å². The lowest BCUT2D eigenvalue weighted by Gasteiger charge is -2.03. The second kappa shape index (κ2) is 14.4. The number of hydrogen-bond donors (Lipinski definition) is 2. The second-order valence-corrected chi connectivity index (χ2v) is 6.45. The van der Waals surface area contributed by atoms with E-state index in [1.54, 1.807) is 6.07 Å². The molecule has 0 aliphatic carbocycles. The number of nitrogens with zero attached hydrogens (tertiary/aromatic N) is 4. The molecule has 10 heteroatoms. The summed E-state index contributed by atoms with van der Waals surface area (Å²) in [6.45, 7) is 0. The first-order valence-electron chi connectivity index (χ1n) is 8.26. The lowest BCUT2D eigenvalue weighted by molar-refractivity contribution is 1.17. The van der Waals surface area contributed by atoms with Gasteiger partial charge in [-0.3, -0.25) is 0 Å². The van der Waals surface area contributed by atoms with Crippen LogP contribution in [0, 0.1) is 0 Å². The number of aromatic nitrogens is 4. The zero-order chi connectivity index (χ0) is 20.9. The number of benzene rings is 2. The van der Waals surface area contributed by atoms with E-state index >= 15 is 0 Å². The van der Waals surface area contributed by atoms with E-state index in [4.69, 9.17) is 40.5 Å². The van der Waals surface area contributed by atoms with Crippen molar-refractivity contribution in [3.63, 3.8) is 0 Å². The Balaban J connectivity index is 0.000000241. The van der Waals surface area contributed by atoms with Gasteiger partial charge < -0.3 is 11.1 Å². The highest BCUT2D eigenvalue weighted by Crippen LogP contribution is 2.15. The molecule has 3 N–H and O–H groups in total. The van der Waals surface area contributed by atoms with Crippen molar-refractivity contribution in [3.05, 3.63) is 101 Å². The first-order valence-corrected chi connectivity index (χ1v) is 9.39. The summed E-state index contributed by atoms with van der Waals surface area (Å²) in [5.41, 5.74) is 7.15. The summed E-state index contributed by atoms with van der Waals surface area (Å²) in [6.07, 6.45) is 2.73. The van der Waals surface area contributed by atoms with Gasteiger partial charge in [0.05, 0.1) is 0 Å². The Hall–Kier alpha value is -2.64. The Labute approximate surface area is 195 Å². The van der Waals surface area contributed by atoms with Gasteiger partial charge in [0.2, 0.25) is 0 Å². The van der Waals surface area contributed by atoms with E-state index in [1.807, 2.05) is 60.7 Å². The van der Waals surface area contributed by atoms with E-state index in [-0.39, 0.29) is 12.4 Å². The van der Waals surface area contributed by atoms with Gasteiger partial charge in [0.15, 0.2) is 0 Å². The lowest BCUT2D eigenvalue weighted by Crippen LogP contribution is -1.93. The molecule has 0 unspecified atom stereocenters. The number of para-hydroxylation sites is 2. The van der Waals surface area contributed by atoms with Gasteiger partial charge in [0.1, 0.15) is 33.9 Å². The predicted octanol–water partition coefficient (Wildman–Crippen LogP) is 6.35. The molecule has 0 saturated heterocycles. The fourth-order valence-electron chi connectivity index (χ4n) is 1.84. The van der Waals surface area contributed by atoms with E-state index < -0.39 is 0 Å². The summed E-state index contributed by atoms with van der Waals surface area (Å²) in [7, 11) is 0. The average Bonchev–Trinajstić information content (AvgIpc) is 2.70. The largest absolute Gasteiger partial charge is 0.399 e. The summed E-state index contributed by atoms with van der Waals surface area (Å²) < 4.78 is 0. The summed E-state index contributed by atoms with van der Waals surface area (Å²) in [5, 5.41) is 4.27. The molecule has 0 aliphatic rings. The highest BCUT2D eigenvalue weighted by molar-refractivity contribution is 6.33. The molecule has 2 aromatic carbocycles. The normalized spacial score (nSPS) is 9.03. The average molecular weight is 484 g/mol. The van der Waals surface area contributed by atoms with Crippen LogP contribution < -0.4 is 11.1 Å². The number of rotatable bonds is 2. The van der Waals surface area contributed by atoms with Crippen molar-refractivity contribution >= 4 is 64.4 Å². The van der Waals surface area contributed by atoms with Crippen LogP contribution in [0.1, 0.15) is 0 Å². The van der Waals surface area contributed by atoms with Gasteiger partial charge in [-0.05, 0) is 24.3 Å². The number of halogens is 4. The third-order valence-electron chi connectivity index (χ3n) is 3.08. The molecule has 0 radical (unpaired) electrons. The first kappa shape index (κ1) is 25.4. The van der Waals surface area contributed by atoms with Crippen molar-refractivity contribution in [3.8, 4) is 0 Å². The third kappa shape index (κ3) is 10.8. The Kier molecular flexibility index (Phi) is 12.2. The van der Waals surface area contributed by atoms with Crippen molar-refractivity contribution < 1.29 is 0 Å². The Bertz CT molecular complexity index is 973. The van der Waals surface area contributed by atoms with E-state index in [0.717, 1.165) is 11.4 Å². The van der Waals surface area contributed by atoms with Crippen LogP contribution in [-0.4, -0.2) is 19.9 Å². The topological polar surface area (TPSA) is 89.6 Å². The zero-order valence-corrected chi connectivity index (χ0v) is 18.6. The van der Waals surface area contributed by atoms with Crippen molar-refractivity contribution in [1.29, 1.82) is 0 Å². The summed E-state index contributed by atoms with van der Waals surface area (Å²) >= 11 is 16.5. The van der Waals surface area contributed by atoms with Crippen LogP contribution in [0.3, 0.4) is 0 Å². The highest BCUT2D eigenvalue weighted by Gasteiger charge is 1.96. The van der Waals surface area contributed by atoms with Crippen molar-refractivity contribution in [1.82, 2.24) is 19.9 Å². The highest BCUT2D eigenvalue weighted by atomic mass is 35.5. The van der Waals surface area contributed by atoms with Gasteiger partial charge in [-0.2, -0.15) is 0 Å². The molecule has 4 rings (SSSR count). The molecular weight excluding hydrogens is 466 g/mol. The van der Waals surface area contributed by atoms with E-state index in [2.05, 4.69) is 25.3 Å². The van der Waals surface area contributed by atoms with Crippen LogP contribution in [0.2, 0.25) is 15.5 Å². The van der Waals surface area contributed by atoms with Gasteiger partial charge in [-0.1, -0.05) is 71.2 Å². The molecule has 2 aromatic heterocycles. The Morgan fingerprint density at radius 3 is 1.50 bits per heavy atom. The maximum absolute atomic E-state index is 5.72. The first-order chi connectivity index (χ1) is 14.0. The minimum atomic E-state index is 0. The standard InChI is InChI=1S/C10H8ClN3.C6H7N.C4H2Cl2N2.ClH/c11-9-6-10(13-7-12-9)14-8-4-2-1-3-5-8;7-6-4-2-1-3-5-6;5-3-1-4(6)8-2-7-3;/h1-7H,(H,12,13,14);1-5H,7H2;1-2H;1H. The molecular formula is C20H18Cl4N6. The lowest BCUT2D eigenvalue weighted by atomic mass is 10.3. The van der Waals surface area contributed by atoms with Crippen LogP contribution in [-0.2, 0) is 0 Å². The third-order valence-corrected chi connectivity index (χ3v) is 3.70. The summed E-state index contributed by atoms with van der Waals surface area (Å²) in [6, 6.07) is 22.4. The number of nitrogens with one attached hydrogen (secondary N) is 1. The molecule has 0 bridgehead atoms. The fraction of sp³-hybridized carbons (Fsp3) is 0. The smallest absolute Gasteiger partial charge is 0.135 e. The number of nitrogen functional groups attached to an aromatic ring is 1. The molecule has 2 heterocycles. The van der Waals surface area contributed by atoms with Crippen molar-refractivity contribution in [2.45, 2.75) is 0 Å². The molecule has 4 aromatic rings. The molecule has 6 nitrogen and oxygen atoms in total. The van der Waals surface area contributed by atoms with E-state index in [9.17, 15) is 0 Å². The maximum Gasteiger partial charge on any atom is 0.135 e. The van der Waals surface area contributed by atoms with Crippen LogP contribution in [0.5, 0.6) is 0 Å². The number of hydrogen-bond acceptors (Lipinski definition) is 6. The van der Waals surface area contributed by atoms with E-state index in [1.165, 1.54) is 18.7 Å². The quantitative estimate of drug-likeness (QED) is 0.255. The van der Waals surface area contributed by atoms with Gasteiger partial charge in [-0.15, -0.1) is 12.4 Å². The second-order valence-electron chi connectivity index (χ2n) is 5.29. The molecule has 0 amide bonds. The molecule has 0 spiro atoms.